The van der Waals surface area contributed by atoms with Gasteiger partial charge in [-0.1, -0.05) is 11.6 Å². The van der Waals surface area contributed by atoms with Crippen molar-refractivity contribution in [1.29, 1.82) is 0 Å². The van der Waals surface area contributed by atoms with Gasteiger partial charge < -0.3 is 0 Å². The molecule has 3 nitrogen and oxygen atoms in total. The van der Waals surface area contributed by atoms with E-state index in [0.29, 0.717) is 10.7 Å². The van der Waals surface area contributed by atoms with Crippen LogP contribution in [0.1, 0.15) is 5.69 Å². The van der Waals surface area contributed by atoms with Crippen LogP contribution in [0.25, 0.3) is 11.0 Å². The summed E-state index contributed by atoms with van der Waals surface area (Å²) < 4.78 is 1.49. The summed E-state index contributed by atoms with van der Waals surface area (Å²) in [4.78, 5) is 15.7. The van der Waals surface area contributed by atoms with E-state index in [9.17, 15) is 4.79 Å². The highest BCUT2D eigenvalue weighted by atomic mass is 35.5. The van der Waals surface area contributed by atoms with Crippen LogP contribution in [-0.4, -0.2) is 9.55 Å². The Morgan fingerprint density at radius 2 is 2.14 bits per heavy atom. The van der Waals surface area contributed by atoms with Gasteiger partial charge in [0.1, 0.15) is 5.65 Å². The van der Waals surface area contributed by atoms with Gasteiger partial charge in [0, 0.05) is 24.2 Å². The zero-order valence-corrected chi connectivity index (χ0v) is 8.67. The summed E-state index contributed by atoms with van der Waals surface area (Å²) in [7, 11) is 1.69. The lowest BCUT2D eigenvalue weighted by Crippen LogP contribution is -2.16. The largest absolute Gasteiger partial charge is 0.296 e. The smallest absolute Gasteiger partial charge is 0.253 e. The summed E-state index contributed by atoms with van der Waals surface area (Å²) in [6, 6.07) is 5.15. The molecular weight excluding hydrogens is 200 g/mol. The van der Waals surface area contributed by atoms with Gasteiger partial charge in [0.2, 0.25) is 0 Å². The van der Waals surface area contributed by atoms with Crippen LogP contribution in [0.3, 0.4) is 0 Å². The van der Waals surface area contributed by atoms with Crippen LogP contribution in [0.2, 0.25) is 5.02 Å². The number of hydrogen-bond acceptors (Lipinski definition) is 2. The highest BCUT2D eigenvalue weighted by molar-refractivity contribution is 6.35. The van der Waals surface area contributed by atoms with E-state index >= 15 is 0 Å². The first-order valence-electron chi connectivity index (χ1n) is 4.22. The van der Waals surface area contributed by atoms with Crippen LogP contribution in [0, 0.1) is 6.92 Å². The second-order valence-corrected chi connectivity index (χ2v) is 3.62. The Hall–Kier alpha value is -1.35. The lowest BCUT2D eigenvalue weighted by Gasteiger charge is -2.05. The molecule has 2 heterocycles. The molecule has 0 bridgehead atoms. The number of pyridine rings is 2. The molecule has 0 aliphatic rings. The predicted octanol–water partition coefficient (Wildman–Crippen LogP) is 1.90. The van der Waals surface area contributed by atoms with Gasteiger partial charge in [-0.25, -0.2) is 4.98 Å². The van der Waals surface area contributed by atoms with Crippen molar-refractivity contribution in [2.45, 2.75) is 6.92 Å². The van der Waals surface area contributed by atoms with E-state index in [4.69, 9.17) is 11.6 Å². The first-order chi connectivity index (χ1) is 6.59. The normalized spacial score (nSPS) is 10.8. The Bertz CT molecular complexity index is 560. The molecule has 0 unspecified atom stereocenters. The van der Waals surface area contributed by atoms with E-state index in [1.165, 1.54) is 10.6 Å². The Balaban J connectivity index is 3.03. The van der Waals surface area contributed by atoms with Crippen LogP contribution >= 0.6 is 11.6 Å². The summed E-state index contributed by atoms with van der Waals surface area (Å²) >= 11 is 5.93. The summed E-state index contributed by atoms with van der Waals surface area (Å²) in [5.41, 5.74) is 1.36. The minimum absolute atomic E-state index is 0.138. The highest BCUT2D eigenvalue weighted by Crippen LogP contribution is 2.19. The van der Waals surface area contributed by atoms with Crippen LogP contribution in [0.15, 0.2) is 23.0 Å². The van der Waals surface area contributed by atoms with Crippen LogP contribution < -0.4 is 5.56 Å². The van der Waals surface area contributed by atoms with Crippen LogP contribution in [0.5, 0.6) is 0 Å². The van der Waals surface area contributed by atoms with E-state index < -0.39 is 0 Å². The summed E-state index contributed by atoms with van der Waals surface area (Å²) in [5.74, 6) is 0. The Labute approximate surface area is 86.0 Å². The number of halogens is 1. The Morgan fingerprint density at radius 1 is 1.43 bits per heavy atom. The fourth-order valence-corrected chi connectivity index (χ4v) is 1.61. The number of nitrogens with zero attached hydrogens (tertiary/aromatic N) is 2. The first-order valence-corrected chi connectivity index (χ1v) is 4.60. The van der Waals surface area contributed by atoms with Crippen molar-refractivity contribution in [3.63, 3.8) is 0 Å². The van der Waals surface area contributed by atoms with Crippen molar-refractivity contribution in [3.8, 4) is 0 Å². The molecule has 72 valence electrons. The third-order valence-corrected chi connectivity index (χ3v) is 2.48. The third kappa shape index (κ3) is 1.30. The van der Waals surface area contributed by atoms with Gasteiger partial charge in [-0.15, -0.1) is 0 Å². The highest BCUT2D eigenvalue weighted by Gasteiger charge is 2.05. The molecule has 0 aromatic carbocycles. The number of fused-ring (bicyclic) bond motifs is 1. The van der Waals surface area contributed by atoms with Gasteiger partial charge in [-0.3, -0.25) is 9.36 Å². The lowest BCUT2D eigenvalue weighted by atomic mass is 10.2. The molecule has 14 heavy (non-hydrogen) atoms. The van der Waals surface area contributed by atoms with Gasteiger partial charge in [-0.2, -0.15) is 0 Å². The lowest BCUT2D eigenvalue weighted by molar-refractivity contribution is 0.884. The fourth-order valence-electron chi connectivity index (χ4n) is 1.37. The number of hydrogen-bond donors (Lipinski definition) is 0. The zero-order chi connectivity index (χ0) is 10.3. The molecule has 2 aromatic heterocycles. The molecule has 0 saturated heterocycles. The maximum absolute atomic E-state index is 11.4. The molecule has 0 radical (unpaired) electrons. The Morgan fingerprint density at radius 3 is 2.86 bits per heavy atom. The average molecular weight is 209 g/mol. The molecule has 0 amide bonds. The first kappa shape index (κ1) is 9.21. The minimum atomic E-state index is -0.138. The Kier molecular flexibility index (Phi) is 2.04. The van der Waals surface area contributed by atoms with Crippen molar-refractivity contribution < 1.29 is 0 Å². The molecule has 0 atom stereocenters. The third-order valence-electron chi connectivity index (χ3n) is 2.17. The summed E-state index contributed by atoms with van der Waals surface area (Å²) in [5, 5.41) is 1.26. The average Bonchev–Trinajstić information content (AvgIpc) is 2.14. The monoisotopic (exact) mass is 208 g/mol. The molecule has 0 aliphatic heterocycles. The number of aryl methyl sites for hydroxylation is 2. The number of aromatic nitrogens is 2. The van der Waals surface area contributed by atoms with E-state index in [1.54, 1.807) is 7.05 Å². The molecule has 0 fully saturated rings. The van der Waals surface area contributed by atoms with E-state index in [0.717, 1.165) is 11.1 Å². The van der Waals surface area contributed by atoms with Crippen LogP contribution in [0.4, 0.5) is 0 Å². The maximum atomic E-state index is 11.4. The molecule has 2 rings (SSSR count). The van der Waals surface area contributed by atoms with Crippen molar-refractivity contribution in [2.24, 2.45) is 7.05 Å². The molecule has 0 N–H and O–H groups in total. The van der Waals surface area contributed by atoms with E-state index in [-0.39, 0.29) is 5.56 Å². The second-order valence-electron chi connectivity index (χ2n) is 3.21. The standard InChI is InChI=1S/C10H9ClN2O/c1-6-3-4-7-8(11)5-9(14)13(2)10(7)12-6/h3-5H,1-2H3. The summed E-state index contributed by atoms with van der Waals surface area (Å²) in [6.07, 6.45) is 0. The molecule has 0 saturated carbocycles. The van der Waals surface area contributed by atoms with Crippen molar-refractivity contribution >= 4 is 22.6 Å². The molecule has 0 spiro atoms. The topological polar surface area (TPSA) is 34.9 Å². The molecule has 4 heteroatoms. The fraction of sp³-hybridized carbons (Fsp3) is 0.200. The SMILES string of the molecule is Cc1ccc2c(Cl)cc(=O)n(C)c2n1. The van der Waals surface area contributed by atoms with Gasteiger partial charge in [0.05, 0.1) is 5.02 Å². The zero-order valence-electron chi connectivity index (χ0n) is 7.91. The van der Waals surface area contributed by atoms with Gasteiger partial charge in [-0.05, 0) is 19.1 Å². The maximum Gasteiger partial charge on any atom is 0.253 e. The molecule has 0 aliphatic carbocycles. The predicted molar refractivity (Wildman–Crippen MR) is 56.7 cm³/mol. The van der Waals surface area contributed by atoms with Crippen molar-refractivity contribution in [2.75, 3.05) is 0 Å². The summed E-state index contributed by atoms with van der Waals surface area (Å²) in [6.45, 7) is 1.88. The van der Waals surface area contributed by atoms with Crippen molar-refractivity contribution in [3.05, 3.63) is 39.3 Å². The quantitative estimate of drug-likeness (QED) is 0.663. The van der Waals surface area contributed by atoms with Gasteiger partial charge in [0.25, 0.3) is 5.56 Å². The van der Waals surface area contributed by atoms with Gasteiger partial charge >= 0.3 is 0 Å². The number of rotatable bonds is 0. The molecular formula is C10H9ClN2O. The van der Waals surface area contributed by atoms with Crippen LogP contribution in [-0.2, 0) is 7.05 Å². The molecule has 2 aromatic rings. The van der Waals surface area contributed by atoms with Crippen molar-refractivity contribution in [1.82, 2.24) is 9.55 Å². The van der Waals surface area contributed by atoms with E-state index in [1.807, 2.05) is 19.1 Å². The van der Waals surface area contributed by atoms with Gasteiger partial charge in [0.15, 0.2) is 0 Å². The second kappa shape index (κ2) is 3.10. The minimum Gasteiger partial charge on any atom is -0.296 e. The van der Waals surface area contributed by atoms with E-state index in [2.05, 4.69) is 4.98 Å².